The Morgan fingerprint density at radius 1 is 1.77 bits per heavy atom. The molecule has 4 heteroatoms. The zero-order valence-corrected chi connectivity index (χ0v) is 10.1. The number of aromatic nitrogens is 2. The summed E-state index contributed by atoms with van der Waals surface area (Å²) in [7, 11) is 1.93. The van der Waals surface area contributed by atoms with Gasteiger partial charge in [0.2, 0.25) is 0 Å². The summed E-state index contributed by atoms with van der Waals surface area (Å²) >= 11 is 9.06. The minimum Gasteiger partial charge on any atom is -0.267 e. The van der Waals surface area contributed by atoms with E-state index in [2.05, 4.69) is 34.0 Å². The summed E-state index contributed by atoms with van der Waals surface area (Å²) in [5.41, 5.74) is 2.32. The Morgan fingerprint density at radius 2 is 2.46 bits per heavy atom. The van der Waals surface area contributed by atoms with Crippen molar-refractivity contribution in [2.24, 2.45) is 7.05 Å². The molecule has 0 radical (unpaired) electrons. The Bertz CT molecular complexity index is 298. The third-order valence-corrected chi connectivity index (χ3v) is 2.63. The van der Waals surface area contributed by atoms with E-state index in [1.54, 1.807) is 6.20 Å². The quantitative estimate of drug-likeness (QED) is 0.766. The van der Waals surface area contributed by atoms with Crippen LogP contribution >= 0.6 is 27.5 Å². The second-order valence-corrected chi connectivity index (χ2v) is 4.06. The maximum absolute atomic E-state index is 5.61. The van der Waals surface area contributed by atoms with E-state index in [4.69, 9.17) is 11.6 Å². The summed E-state index contributed by atoms with van der Waals surface area (Å²) in [5.74, 6) is 0.660. The number of aryl methyl sites for hydroxylation is 1. The van der Waals surface area contributed by atoms with Gasteiger partial charge in [0.1, 0.15) is 0 Å². The van der Waals surface area contributed by atoms with Gasteiger partial charge in [-0.2, -0.15) is 5.10 Å². The van der Waals surface area contributed by atoms with Gasteiger partial charge in [-0.1, -0.05) is 6.08 Å². The average Bonchev–Trinajstić information content (AvgIpc) is 2.42. The first-order chi connectivity index (χ1) is 6.16. The number of rotatable bonds is 3. The van der Waals surface area contributed by atoms with Gasteiger partial charge >= 0.3 is 0 Å². The van der Waals surface area contributed by atoms with E-state index < -0.39 is 0 Å². The second kappa shape index (κ2) is 4.82. The van der Waals surface area contributed by atoms with Crippen LogP contribution < -0.4 is 0 Å². The molecule has 0 amide bonds. The predicted octanol–water partition coefficient (Wildman–Crippen LogP) is 3.21. The lowest BCUT2D eigenvalue weighted by Crippen LogP contribution is -1.96. The molecule has 0 aliphatic carbocycles. The fraction of sp³-hybridized carbons (Fsp3) is 0.444. The summed E-state index contributed by atoms with van der Waals surface area (Å²) in [6.07, 6.45) is 4.81. The van der Waals surface area contributed by atoms with Crippen molar-refractivity contribution in [3.8, 4) is 0 Å². The molecule has 72 valence electrons. The molecule has 0 aliphatic heterocycles. The highest BCUT2D eigenvalue weighted by atomic mass is 79.9. The van der Waals surface area contributed by atoms with Crippen molar-refractivity contribution in [2.75, 3.05) is 5.88 Å². The molecule has 1 heterocycles. The Balaban J connectivity index is 2.93. The van der Waals surface area contributed by atoms with E-state index >= 15 is 0 Å². The zero-order chi connectivity index (χ0) is 9.84. The lowest BCUT2D eigenvalue weighted by atomic mass is 10.2. The third kappa shape index (κ3) is 2.58. The molecule has 0 aromatic carbocycles. The van der Waals surface area contributed by atoms with Crippen LogP contribution in [0.15, 0.2) is 16.7 Å². The van der Waals surface area contributed by atoms with Crippen molar-refractivity contribution < 1.29 is 0 Å². The van der Waals surface area contributed by atoms with Gasteiger partial charge in [0.25, 0.3) is 0 Å². The van der Waals surface area contributed by atoms with Crippen LogP contribution in [0.5, 0.6) is 0 Å². The van der Waals surface area contributed by atoms with Crippen LogP contribution in [-0.4, -0.2) is 15.7 Å². The zero-order valence-electron chi connectivity index (χ0n) is 7.72. The number of halogens is 2. The van der Waals surface area contributed by atoms with E-state index in [1.807, 2.05) is 11.7 Å². The molecule has 0 spiro atoms. The maximum atomic E-state index is 5.61. The highest BCUT2D eigenvalue weighted by molar-refractivity contribution is 9.10. The van der Waals surface area contributed by atoms with E-state index in [9.17, 15) is 0 Å². The van der Waals surface area contributed by atoms with Gasteiger partial charge in [-0.15, -0.1) is 11.6 Å². The Kier molecular flexibility index (Phi) is 4.00. The molecule has 2 nitrogen and oxygen atoms in total. The lowest BCUT2D eigenvalue weighted by molar-refractivity contribution is 0.755. The summed E-state index contributed by atoms with van der Waals surface area (Å²) in [4.78, 5) is 0. The second-order valence-electron chi connectivity index (χ2n) is 2.83. The lowest BCUT2D eigenvalue weighted by Gasteiger charge is -2.02. The van der Waals surface area contributed by atoms with Gasteiger partial charge in [-0.3, -0.25) is 4.68 Å². The molecular formula is C9H12BrClN2. The van der Waals surface area contributed by atoms with Crippen molar-refractivity contribution in [1.82, 2.24) is 9.78 Å². The van der Waals surface area contributed by atoms with Gasteiger partial charge < -0.3 is 0 Å². The molecule has 1 aromatic rings. The molecular weight excluding hydrogens is 251 g/mol. The van der Waals surface area contributed by atoms with Gasteiger partial charge in [0.15, 0.2) is 0 Å². The molecule has 13 heavy (non-hydrogen) atoms. The van der Waals surface area contributed by atoms with E-state index in [1.165, 1.54) is 5.57 Å². The minimum atomic E-state index is 0.660. The number of allylic oxidation sites excluding steroid dienone is 2. The highest BCUT2D eigenvalue weighted by Crippen LogP contribution is 2.23. The highest BCUT2D eigenvalue weighted by Gasteiger charge is 2.06. The van der Waals surface area contributed by atoms with Crippen molar-refractivity contribution in [2.45, 2.75) is 13.3 Å². The van der Waals surface area contributed by atoms with Gasteiger partial charge in [-0.05, 0) is 34.8 Å². The van der Waals surface area contributed by atoms with Crippen LogP contribution in [0.2, 0.25) is 0 Å². The third-order valence-electron chi connectivity index (χ3n) is 1.83. The Hall–Kier alpha value is -0.280. The van der Waals surface area contributed by atoms with Crippen LogP contribution in [0.4, 0.5) is 0 Å². The standard InChI is InChI=1S/C9H12BrClN2/c1-7(4-3-5-11)9-8(10)6-12-13(9)2/h4,6H,3,5H2,1-2H3. The summed E-state index contributed by atoms with van der Waals surface area (Å²) < 4.78 is 2.88. The fourth-order valence-corrected chi connectivity index (χ4v) is 1.99. The molecule has 0 N–H and O–H groups in total. The van der Waals surface area contributed by atoms with Gasteiger partial charge in [0.05, 0.1) is 16.4 Å². The predicted molar refractivity (Wildman–Crippen MR) is 59.9 cm³/mol. The number of hydrogen-bond donors (Lipinski definition) is 0. The molecule has 0 saturated heterocycles. The average molecular weight is 264 g/mol. The Morgan fingerprint density at radius 3 is 2.92 bits per heavy atom. The molecule has 0 bridgehead atoms. The minimum absolute atomic E-state index is 0.660. The molecule has 0 aliphatic rings. The molecule has 0 saturated carbocycles. The normalized spacial score (nSPS) is 12.2. The van der Waals surface area contributed by atoms with E-state index in [-0.39, 0.29) is 0 Å². The van der Waals surface area contributed by atoms with Crippen LogP contribution in [0.3, 0.4) is 0 Å². The summed E-state index contributed by atoms with van der Waals surface area (Å²) in [6, 6.07) is 0. The van der Waals surface area contributed by atoms with Crippen LogP contribution in [0.1, 0.15) is 19.0 Å². The fourth-order valence-electron chi connectivity index (χ4n) is 1.22. The SMILES string of the molecule is CC(=CCCCl)c1c(Br)cnn1C. The van der Waals surface area contributed by atoms with Gasteiger partial charge in [-0.25, -0.2) is 0 Å². The van der Waals surface area contributed by atoms with Crippen LogP contribution in [-0.2, 0) is 7.05 Å². The summed E-state index contributed by atoms with van der Waals surface area (Å²) in [6.45, 7) is 2.06. The topological polar surface area (TPSA) is 17.8 Å². The molecule has 0 atom stereocenters. The number of alkyl halides is 1. The smallest absolute Gasteiger partial charge is 0.0774 e. The summed E-state index contributed by atoms with van der Waals surface area (Å²) in [5, 5.41) is 4.14. The van der Waals surface area contributed by atoms with Crippen molar-refractivity contribution in [1.29, 1.82) is 0 Å². The monoisotopic (exact) mass is 262 g/mol. The molecule has 0 unspecified atom stereocenters. The first-order valence-corrected chi connectivity index (χ1v) is 5.40. The Labute approximate surface area is 91.7 Å². The largest absolute Gasteiger partial charge is 0.267 e. The first kappa shape index (κ1) is 10.8. The van der Waals surface area contributed by atoms with Crippen molar-refractivity contribution in [3.63, 3.8) is 0 Å². The van der Waals surface area contributed by atoms with E-state index in [0.717, 1.165) is 16.6 Å². The van der Waals surface area contributed by atoms with E-state index in [0.29, 0.717) is 5.88 Å². The maximum Gasteiger partial charge on any atom is 0.0774 e. The molecule has 0 fully saturated rings. The van der Waals surface area contributed by atoms with Crippen LogP contribution in [0, 0.1) is 0 Å². The molecule has 1 aromatic heterocycles. The van der Waals surface area contributed by atoms with Crippen molar-refractivity contribution >= 4 is 33.1 Å². The molecule has 1 rings (SSSR count). The van der Waals surface area contributed by atoms with Gasteiger partial charge in [0, 0.05) is 12.9 Å². The van der Waals surface area contributed by atoms with Crippen molar-refractivity contribution in [3.05, 3.63) is 22.4 Å². The van der Waals surface area contributed by atoms with Crippen LogP contribution in [0.25, 0.3) is 5.57 Å². The number of hydrogen-bond acceptors (Lipinski definition) is 1. The number of nitrogens with zero attached hydrogens (tertiary/aromatic N) is 2. The first-order valence-electron chi connectivity index (χ1n) is 4.07.